The molecule has 2 fully saturated rings. The molecule has 0 aromatic heterocycles. The number of aliphatic hydroxyl groups excluding tert-OH is 4. The van der Waals surface area contributed by atoms with Crippen LogP contribution in [-0.2, 0) is 41.6 Å². The minimum Gasteiger partial charge on any atom is -0.389 e. The van der Waals surface area contributed by atoms with E-state index in [4.69, 9.17) is 25.7 Å². The molecular weight excluding hydrogens is 1110 g/mol. The lowest BCUT2D eigenvalue weighted by Gasteiger charge is -2.33. The summed E-state index contributed by atoms with van der Waals surface area (Å²) < 4.78 is 0. The van der Waals surface area contributed by atoms with Gasteiger partial charge in [0.2, 0.25) is 35.4 Å². The summed E-state index contributed by atoms with van der Waals surface area (Å²) in [5, 5.41) is 57.5. The van der Waals surface area contributed by atoms with Crippen molar-refractivity contribution in [2.75, 3.05) is 60.9 Å². The molecule has 88 heavy (non-hydrogen) atoms. The molecule has 18 nitrogen and oxygen atoms in total. The number of carbonyl (C=O) groups excluding carboxylic acids is 6. The van der Waals surface area contributed by atoms with Gasteiger partial charge in [0.1, 0.15) is 24.3 Å². The molecule has 2 aromatic rings. The highest BCUT2D eigenvalue weighted by Crippen LogP contribution is 2.30. The van der Waals surface area contributed by atoms with Gasteiger partial charge in [-0.2, -0.15) is 0 Å². The lowest BCUT2D eigenvalue weighted by molar-refractivity contribution is -0.137. The van der Waals surface area contributed by atoms with Crippen molar-refractivity contribution in [1.82, 2.24) is 41.3 Å². The van der Waals surface area contributed by atoms with Crippen molar-refractivity contribution in [2.24, 2.45) is 23.7 Å². The third kappa shape index (κ3) is 28.6. The van der Waals surface area contributed by atoms with Crippen LogP contribution in [0.1, 0.15) is 146 Å². The number of aliphatic hydroxyl groups is 4. The molecule has 0 aliphatic heterocycles. The van der Waals surface area contributed by atoms with Crippen molar-refractivity contribution in [3.05, 3.63) is 71.8 Å². The lowest BCUT2D eigenvalue weighted by atomic mass is 9.82. The van der Waals surface area contributed by atoms with Crippen LogP contribution in [0.5, 0.6) is 0 Å². The molecule has 6 unspecified atom stereocenters. The molecule has 484 valence electrons. The fraction of sp³-hybridized carbons (Fsp3) is 0.629. The average molecular weight is 1220 g/mol. The summed E-state index contributed by atoms with van der Waals surface area (Å²) in [5.74, 6) is 6.83. The van der Waals surface area contributed by atoms with E-state index in [-0.39, 0.29) is 63.2 Å². The molecule has 0 radical (unpaired) electrons. The standard InChI is InChI=1S/C36H54N4O5.C34H50N4O5/c1-6-9-21-30(36(45)38-31(34(43)32(41)16-7-2)25-28-19-14-11-15-20-28)37-35(44)29(24-27-17-12-10-13-18-27)26-33(42)40(5)23-22-39(4)8-3;1-5-7-19-28(34(43)37-29(32(41)30(39)14-6-2)23-26-17-12-9-13-18-26)36-33(42)27(22-25-15-10-8-11-16-25)24-31(40)38(4)21-20-35-3/h1-2,10,12-13,17-18,28-32,34,41,43H,8-9,11,14-16,19-26H2,3-5H3,(H,37,44)(H,38,45);1-2,8,10-11,15-16,26-30,32,35,39,41H,7,9,12-14,17-24H2,3-4H3,(H,36,42)(H,37,43)/t29?,30-,31?,32?,34+;27?,28-,29?,30?,32+/m00/s1. The van der Waals surface area contributed by atoms with Crippen molar-refractivity contribution in [1.29, 1.82) is 0 Å². The Bertz CT molecular complexity index is 2550. The predicted octanol–water partition coefficient (Wildman–Crippen LogP) is 4.76. The summed E-state index contributed by atoms with van der Waals surface area (Å²) in [6.07, 6.45) is 29.8. The van der Waals surface area contributed by atoms with Gasteiger partial charge in [-0.1, -0.05) is 132 Å². The van der Waals surface area contributed by atoms with Crippen LogP contribution in [0.4, 0.5) is 0 Å². The van der Waals surface area contributed by atoms with E-state index in [0.717, 1.165) is 81.9 Å². The van der Waals surface area contributed by atoms with E-state index in [9.17, 15) is 49.2 Å². The van der Waals surface area contributed by atoms with E-state index in [2.05, 4.69) is 55.2 Å². The smallest absolute Gasteiger partial charge is 0.242 e. The summed E-state index contributed by atoms with van der Waals surface area (Å²) in [6, 6.07) is 15.5. The molecule has 2 aliphatic rings. The highest BCUT2D eigenvalue weighted by Gasteiger charge is 2.36. The van der Waals surface area contributed by atoms with Crippen molar-refractivity contribution in [2.45, 2.75) is 197 Å². The molecule has 10 atom stereocenters. The van der Waals surface area contributed by atoms with E-state index in [0.29, 0.717) is 63.7 Å². The third-order valence-corrected chi connectivity index (χ3v) is 17.1. The number of benzene rings is 2. The maximum Gasteiger partial charge on any atom is 0.242 e. The number of hydrogen-bond donors (Lipinski definition) is 9. The molecule has 9 N–H and O–H groups in total. The van der Waals surface area contributed by atoms with Crippen molar-refractivity contribution < 1.29 is 49.2 Å². The van der Waals surface area contributed by atoms with E-state index in [1.807, 2.05) is 74.6 Å². The Morgan fingerprint density at radius 2 is 0.920 bits per heavy atom. The van der Waals surface area contributed by atoms with E-state index in [1.54, 1.807) is 30.9 Å². The summed E-state index contributed by atoms with van der Waals surface area (Å²) in [6.45, 7) is 5.28. The van der Waals surface area contributed by atoms with Crippen molar-refractivity contribution in [3.63, 3.8) is 0 Å². The first-order chi connectivity index (χ1) is 42.3. The fourth-order valence-electron chi connectivity index (χ4n) is 11.3. The van der Waals surface area contributed by atoms with Gasteiger partial charge in [-0.05, 0) is 82.1 Å². The second kappa shape index (κ2) is 43.0. The number of carbonyl (C=O) groups is 6. The second-order valence-corrected chi connectivity index (χ2v) is 24.1. The van der Waals surface area contributed by atoms with E-state index < -0.39 is 84.0 Å². The lowest BCUT2D eigenvalue weighted by Crippen LogP contribution is -2.56. The molecular formula is C70H104N8O10. The Kier molecular flexibility index (Phi) is 36.9. The number of likely N-dealkylation sites (N-methyl/N-ethyl adjacent to an activating group) is 4. The zero-order valence-electron chi connectivity index (χ0n) is 53.2. The molecule has 4 rings (SSSR count). The Labute approximate surface area is 526 Å². The van der Waals surface area contributed by atoms with Gasteiger partial charge in [0.25, 0.3) is 0 Å². The second-order valence-electron chi connectivity index (χ2n) is 24.1. The highest BCUT2D eigenvalue weighted by atomic mass is 16.3. The maximum absolute atomic E-state index is 13.8. The SMILES string of the molecule is C#CCC[C@H](NC(=O)C(CC(=O)N(C)CCN(C)CC)Cc1ccccc1)C(=O)NC(CC1CCCCC1)[C@@H](O)C(O)CC#C.C#CCC[C@H](NC(=O)C(CC(=O)N(C)CCNC)Cc1ccccc1)C(=O)NC(CC1CCCCC1)[C@@H](O)C(O)CC#C. The number of nitrogens with zero attached hydrogens (tertiary/aromatic N) is 3. The summed E-state index contributed by atoms with van der Waals surface area (Å²) >= 11 is 0. The number of nitrogens with one attached hydrogen (secondary N) is 5. The van der Waals surface area contributed by atoms with Gasteiger partial charge < -0.3 is 61.7 Å². The van der Waals surface area contributed by atoms with Crippen LogP contribution in [0.25, 0.3) is 0 Å². The normalized spacial score (nSPS) is 16.8. The van der Waals surface area contributed by atoms with E-state index >= 15 is 0 Å². The molecule has 2 aliphatic carbocycles. The minimum absolute atomic E-state index is 0.0160. The number of hydrogen-bond acceptors (Lipinski definition) is 12. The summed E-state index contributed by atoms with van der Waals surface area (Å²) in [5.41, 5.74) is 1.80. The average Bonchev–Trinajstić information content (AvgIpc) is 3.70. The molecule has 2 saturated carbocycles. The fourth-order valence-corrected chi connectivity index (χ4v) is 11.3. The molecule has 2 aromatic carbocycles. The van der Waals surface area contributed by atoms with Gasteiger partial charge in [-0.15, -0.1) is 49.4 Å². The highest BCUT2D eigenvalue weighted by molar-refractivity contribution is 5.92. The first-order valence-corrected chi connectivity index (χ1v) is 31.9. The molecule has 0 spiro atoms. The zero-order chi connectivity index (χ0) is 64.8. The van der Waals surface area contributed by atoms with Gasteiger partial charge in [0.05, 0.1) is 36.1 Å². The largest absolute Gasteiger partial charge is 0.389 e. The van der Waals surface area contributed by atoms with Crippen LogP contribution < -0.4 is 26.6 Å². The first-order valence-electron chi connectivity index (χ1n) is 31.9. The predicted molar refractivity (Wildman–Crippen MR) is 346 cm³/mol. The monoisotopic (exact) mass is 1220 g/mol. The maximum atomic E-state index is 13.8. The quantitative estimate of drug-likeness (QED) is 0.0416. The Morgan fingerprint density at radius 3 is 1.27 bits per heavy atom. The van der Waals surface area contributed by atoms with Crippen LogP contribution in [0.15, 0.2) is 60.7 Å². The zero-order valence-corrected chi connectivity index (χ0v) is 53.2. The summed E-state index contributed by atoms with van der Waals surface area (Å²) in [4.78, 5) is 86.4. The van der Waals surface area contributed by atoms with Gasteiger partial charge >= 0.3 is 0 Å². The van der Waals surface area contributed by atoms with Crippen LogP contribution in [0, 0.1) is 73.0 Å². The first kappa shape index (κ1) is 75.5. The van der Waals surface area contributed by atoms with Crippen LogP contribution in [0.2, 0.25) is 0 Å². The Morgan fingerprint density at radius 1 is 0.534 bits per heavy atom. The molecule has 0 bridgehead atoms. The van der Waals surface area contributed by atoms with Crippen LogP contribution in [0.3, 0.4) is 0 Å². The van der Waals surface area contributed by atoms with Gasteiger partial charge in [-0.3, -0.25) is 28.8 Å². The van der Waals surface area contributed by atoms with Crippen molar-refractivity contribution >= 4 is 35.4 Å². The van der Waals surface area contributed by atoms with Gasteiger partial charge in [0.15, 0.2) is 0 Å². The van der Waals surface area contributed by atoms with E-state index in [1.165, 1.54) is 0 Å². The van der Waals surface area contributed by atoms with Crippen molar-refractivity contribution in [3.8, 4) is 49.4 Å². The third-order valence-electron chi connectivity index (χ3n) is 17.1. The Balaban J connectivity index is 0.000000461. The molecule has 6 amide bonds. The van der Waals surface area contributed by atoms with Crippen LogP contribution in [-0.4, -0.2) is 180 Å². The van der Waals surface area contributed by atoms with Crippen LogP contribution >= 0.6 is 0 Å². The number of amides is 6. The minimum atomic E-state index is -1.26. The topological polar surface area (TPSA) is 253 Å². The number of rotatable bonds is 37. The molecule has 0 saturated heterocycles. The van der Waals surface area contributed by atoms with Gasteiger partial charge in [0, 0.05) is 78.8 Å². The molecule has 18 heteroatoms. The summed E-state index contributed by atoms with van der Waals surface area (Å²) in [7, 11) is 7.23. The molecule has 0 heterocycles. The number of terminal acetylenes is 4. The van der Waals surface area contributed by atoms with Gasteiger partial charge in [-0.25, -0.2) is 0 Å². The Hall–Kier alpha value is -6.74.